The Kier molecular flexibility index (Phi) is 5.31. The molecule has 20 heavy (non-hydrogen) atoms. The lowest BCUT2D eigenvalue weighted by Crippen LogP contribution is -2.04. The summed E-state index contributed by atoms with van der Waals surface area (Å²) in [5, 5.41) is 10.5. The summed E-state index contributed by atoms with van der Waals surface area (Å²) < 4.78 is 1.88. The maximum Gasteiger partial charge on any atom is 0.190 e. The van der Waals surface area contributed by atoms with Gasteiger partial charge in [0.1, 0.15) is 15.9 Å². The first kappa shape index (κ1) is 15.2. The Bertz CT molecular complexity index is 582. The van der Waals surface area contributed by atoms with Gasteiger partial charge in [0, 0.05) is 19.7 Å². The second kappa shape index (κ2) is 6.99. The molecule has 1 N–H and O–H groups in total. The summed E-state index contributed by atoms with van der Waals surface area (Å²) in [4.78, 5) is 9.00. The molecule has 0 aliphatic carbocycles. The van der Waals surface area contributed by atoms with Crippen molar-refractivity contribution in [1.29, 1.82) is 0 Å². The maximum atomic E-state index is 4.54. The van der Waals surface area contributed by atoms with Gasteiger partial charge in [0.25, 0.3) is 0 Å². The number of anilines is 1. The molecule has 2 aromatic rings. The highest BCUT2D eigenvalue weighted by Gasteiger charge is 2.09. The van der Waals surface area contributed by atoms with Gasteiger partial charge in [-0.05, 0) is 25.7 Å². The molecule has 0 unspecified atom stereocenters. The lowest BCUT2D eigenvalue weighted by atomic mass is 10.4. The summed E-state index contributed by atoms with van der Waals surface area (Å²) in [6.07, 6.45) is 3.06. The molecule has 108 valence electrons. The Morgan fingerprint density at radius 1 is 1.30 bits per heavy atom. The zero-order valence-corrected chi connectivity index (χ0v) is 13.8. The predicted molar refractivity (Wildman–Crippen MR) is 84.7 cm³/mol. The first-order valence-electron chi connectivity index (χ1n) is 6.47. The minimum atomic E-state index is 0.785. The fraction of sp³-hybridized carbons (Fsp3) is 0.462. The number of hydrogen-bond donors (Lipinski definition) is 1. The smallest absolute Gasteiger partial charge is 0.190 e. The van der Waals surface area contributed by atoms with Crippen LogP contribution in [0.2, 0.25) is 0 Å². The topological polar surface area (TPSA) is 55.6 Å². The van der Waals surface area contributed by atoms with Crippen LogP contribution in [-0.2, 0) is 7.05 Å². The molecular weight excluding hydrogens is 290 g/mol. The number of aryl methyl sites for hydroxylation is 2. The molecule has 0 aliphatic heterocycles. The van der Waals surface area contributed by atoms with E-state index in [1.165, 1.54) is 0 Å². The molecule has 0 saturated carbocycles. The van der Waals surface area contributed by atoms with Gasteiger partial charge in [0.2, 0.25) is 0 Å². The van der Waals surface area contributed by atoms with Crippen molar-refractivity contribution in [3.63, 3.8) is 0 Å². The number of hydrogen-bond acceptors (Lipinski definition) is 6. The largest absolute Gasteiger partial charge is 0.370 e. The summed E-state index contributed by atoms with van der Waals surface area (Å²) in [6, 6.07) is 4.05. The summed E-state index contributed by atoms with van der Waals surface area (Å²) in [7, 11) is 1.95. The molecule has 7 heteroatoms. The Morgan fingerprint density at radius 2 is 2.10 bits per heavy atom. The third kappa shape index (κ3) is 3.89. The predicted octanol–water partition coefficient (Wildman–Crippen LogP) is 3.21. The molecule has 2 aromatic heterocycles. The minimum absolute atomic E-state index is 0.785. The van der Waals surface area contributed by atoms with Crippen molar-refractivity contribution in [2.45, 2.75) is 35.5 Å². The Balaban J connectivity index is 2.23. The van der Waals surface area contributed by atoms with Crippen LogP contribution in [0, 0.1) is 6.92 Å². The van der Waals surface area contributed by atoms with Crippen molar-refractivity contribution in [3.05, 3.63) is 17.8 Å². The van der Waals surface area contributed by atoms with E-state index in [4.69, 9.17) is 0 Å². The van der Waals surface area contributed by atoms with E-state index in [0.29, 0.717) is 0 Å². The van der Waals surface area contributed by atoms with Crippen LogP contribution in [0.25, 0.3) is 0 Å². The highest BCUT2D eigenvalue weighted by Crippen LogP contribution is 2.29. The van der Waals surface area contributed by atoms with E-state index in [0.717, 1.165) is 39.7 Å². The maximum absolute atomic E-state index is 4.54. The van der Waals surface area contributed by atoms with E-state index < -0.39 is 0 Å². The standard InChI is InChI=1S/C13H19N5S2/c1-5-6-14-10-8-11(16-13(15-10)19-4)20-12-7-9(2)17-18(12)3/h7-8H,5-6H2,1-4H3,(H,14,15,16). The zero-order chi connectivity index (χ0) is 14.5. The van der Waals surface area contributed by atoms with E-state index >= 15 is 0 Å². The lowest BCUT2D eigenvalue weighted by molar-refractivity contribution is 0.691. The fourth-order valence-corrected chi connectivity index (χ4v) is 3.04. The highest BCUT2D eigenvalue weighted by molar-refractivity contribution is 7.99. The van der Waals surface area contributed by atoms with Gasteiger partial charge >= 0.3 is 0 Å². The van der Waals surface area contributed by atoms with Crippen molar-refractivity contribution in [3.8, 4) is 0 Å². The van der Waals surface area contributed by atoms with Crippen LogP contribution >= 0.6 is 23.5 Å². The van der Waals surface area contributed by atoms with Crippen LogP contribution in [0.4, 0.5) is 5.82 Å². The second-order valence-corrected chi connectivity index (χ2v) is 6.17. The Hall–Kier alpha value is -1.21. The SMILES string of the molecule is CCCNc1cc(Sc2cc(C)nn2C)nc(SC)n1. The quantitative estimate of drug-likeness (QED) is 0.502. The van der Waals surface area contributed by atoms with Crippen molar-refractivity contribution in [2.24, 2.45) is 7.05 Å². The van der Waals surface area contributed by atoms with E-state index in [1.807, 2.05) is 31.0 Å². The summed E-state index contributed by atoms with van der Waals surface area (Å²) in [5.74, 6) is 0.882. The van der Waals surface area contributed by atoms with E-state index in [-0.39, 0.29) is 0 Å². The normalized spacial score (nSPS) is 10.8. The van der Waals surface area contributed by atoms with Crippen molar-refractivity contribution in [1.82, 2.24) is 19.7 Å². The van der Waals surface area contributed by atoms with Crippen LogP contribution in [-0.4, -0.2) is 32.5 Å². The molecule has 5 nitrogen and oxygen atoms in total. The molecule has 2 rings (SSSR count). The molecule has 0 amide bonds. The molecule has 2 heterocycles. The molecule has 0 atom stereocenters. The number of thioether (sulfide) groups is 1. The average molecular weight is 309 g/mol. The van der Waals surface area contributed by atoms with Crippen molar-refractivity contribution >= 4 is 29.3 Å². The Labute approximate surface area is 128 Å². The van der Waals surface area contributed by atoms with Gasteiger partial charge in [0.15, 0.2) is 5.16 Å². The first-order valence-corrected chi connectivity index (χ1v) is 8.52. The third-order valence-electron chi connectivity index (χ3n) is 2.59. The average Bonchev–Trinajstić information content (AvgIpc) is 2.74. The number of aromatic nitrogens is 4. The van der Waals surface area contributed by atoms with Crippen LogP contribution in [0.3, 0.4) is 0 Å². The Morgan fingerprint density at radius 3 is 2.70 bits per heavy atom. The van der Waals surface area contributed by atoms with Crippen LogP contribution in [0.15, 0.2) is 27.3 Å². The number of rotatable bonds is 6. The van der Waals surface area contributed by atoms with Gasteiger partial charge < -0.3 is 5.32 Å². The van der Waals surface area contributed by atoms with Crippen LogP contribution in [0.1, 0.15) is 19.0 Å². The molecule has 0 saturated heterocycles. The molecule has 0 aromatic carbocycles. The van der Waals surface area contributed by atoms with E-state index in [9.17, 15) is 0 Å². The van der Waals surface area contributed by atoms with Gasteiger partial charge in [-0.25, -0.2) is 9.97 Å². The van der Waals surface area contributed by atoms with Gasteiger partial charge in [-0.15, -0.1) is 0 Å². The van der Waals surface area contributed by atoms with Gasteiger partial charge in [-0.2, -0.15) is 5.10 Å². The summed E-state index contributed by atoms with van der Waals surface area (Å²) >= 11 is 3.16. The number of nitrogens with zero attached hydrogens (tertiary/aromatic N) is 4. The lowest BCUT2D eigenvalue weighted by Gasteiger charge is -2.08. The van der Waals surface area contributed by atoms with E-state index in [1.54, 1.807) is 23.5 Å². The zero-order valence-electron chi connectivity index (χ0n) is 12.2. The summed E-state index contributed by atoms with van der Waals surface area (Å²) in [5.41, 5.74) is 1.01. The van der Waals surface area contributed by atoms with Gasteiger partial charge in [0.05, 0.1) is 5.69 Å². The number of nitrogens with one attached hydrogen (secondary N) is 1. The summed E-state index contributed by atoms with van der Waals surface area (Å²) in [6.45, 7) is 5.04. The first-order chi connectivity index (χ1) is 9.62. The van der Waals surface area contributed by atoms with Crippen LogP contribution < -0.4 is 5.32 Å². The van der Waals surface area contributed by atoms with E-state index in [2.05, 4.69) is 33.4 Å². The van der Waals surface area contributed by atoms with Gasteiger partial charge in [-0.1, -0.05) is 30.4 Å². The van der Waals surface area contributed by atoms with Crippen molar-refractivity contribution in [2.75, 3.05) is 18.1 Å². The monoisotopic (exact) mass is 309 g/mol. The van der Waals surface area contributed by atoms with Gasteiger partial charge in [-0.3, -0.25) is 4.68 Å². The molecular formula is C13H19N5S2. The third-order valence-corrected chi connectivity index (χ3v) is 4.15. The molecule has 0 bridgehead atoms. The fourth-order valence-electron chi connectivity index (χ4n) is 1.68. The highest BCUT2D eigenvalue weighted by atomic mass is 32.2. The van der Waals surface area contributed by atoms with Crippen molar-refractivity contribution < 1.29 is 0 Å². The molecule has 0 radical (unpaired) electrons. The van der Waals surface area contributed by atoms with Crippen LogP contribution in [0.5, 0.6) is 0 Å². The molecule has 0 aliphatic rings. The molecule has 0 fully saturated rings. The minimum Gasteiger partial charge on any atom is -0.370 e. The molecule has 0 spiro atoms. The second-order valence-electron chi connectivity index (χ2n) is 4.35.